The molecule has 0 radical (unpaired) electrons. The molecule has 0 bridgehead atoms. The van der Waals surface area contributed by atoms with E-state index in [0.717, 1.165) is 6.26 Å². The van der Waals surface area contributed by atoms with E-state index in [1.54, 1.807) is 11.4 Å². The molecule has 0 aliphatic rings. The number of aromatic nitrogens is 1. The fourth-order valence-corrected chi connectivity index (χ4v) is 4.35. The highest BCUT2D eigenvalue weighted by Crippen LogP contribution is 2.28. The van der Waals surface area contributed by atoms with E-state index in [2.05, 4.69) is 10.3 Å². The normalized spacial score (nSPS) is 11.4. The summed E-state index contributed by atoms with van der Waals surface area (Å²) in [6, 6.07) is 5.96. The topological polar surface area (TPSA) is 114 Å². The molecular weight excluding hydrogens is 362 g/mol. The molecule has 0 saturated heterocycles. The Bertz CT molecular complexity index is 910. The van der Waals surface area contributed by atoms with Crippen LogP contribution in [-0.2, 0) is 25.7 Å². The molecular formula is C12H13N3O5S3. The molecule has 11 heteroatoms. The largest absolute Gasteiger partial charge is 0.302 e. The molecule has 0 unspecified atom stereocenters. The van der Waals surface area contributed by atoms with Gasteiger partial charge in [-0.1, -0.05) is 12.1 Å². The smallest absolute Gasteiger partial charge is 0.245 e. The van der Waals surface area contributed by atoms with Crippen molar-refractivity contribution >= 4 is 49.0 Å². The summed E-state index contributed by atoms with van der Waals surface area (Å²) in [7, 11) is -7.31. The molecule has 1 heterocycles. The first-order chi connectivity index (χ1) is 10.7. The summed E-state index contributed by atoms with van der Waals surface area (Å²) in [6.07, 6.45) is 0.808. The van der Waals surface area contributed by atoms with Crippen LogP contribution >= 0.6 is 11.3 Å². The molecule has 1 aromatic carbocycles. The molecule has 2 rings (SSSR count). The van der Waals surface area contributed by atoms with Crippen LogP contribution in [0.3, 0.4) is 0 Å². The summed E-state index contributed by atoms with van der Waals surface area (Å²) in [5.74, 6) is -0.258. The second-order valence-electron chi connectivity index (χ2n) is 4.51. The van der Waals surface area contributed by atoms with Crippen LogP contribution in [0, 0.1) is 0 Å². The number of thiol groups is 1. The number of sulfonamides is 1. The third-order valence-corrected chi connectivity index (χ3v) is 6.03. The van der Waals surface area contributed by atoms with E-state index in [0.29, 0.717) is 20.1 Å². The molecule has 1 N–H and O–H groups in total. The van der Waals surface area contributed by atoms with E-state index in [1.165, 1.54) is 36.5 Å². The summed E-state index contributed by atoms with van der Waals surface area (Å²) < 4.78 is 46.1. The van der Waals surface area contributed by atoms with Crippen LogP contribution in [0.1, 0.15) is 6.92 Å². The Morgan fingerprint density at radius 3 is 2.61 bits per heavy atom. The molecule has 0 atom stereocenters. The Morgan fingerprint density at radius 1 is 1.35 bits per heavy atom. The molecule has 0 aliphatic heterocycles. The summed E-state index contributed by atoms with van der Waals surface area (Å²) in [4.78, 5) is 15.2. The lowest BCUT2D eigenvalue weighted by atomic mass is 10.1. The van der Waals surface area contributed by atoms with E-state index in [1.807, 2.05) is 0 Å². The molecule has 23 heavy (non-hydrogen) atoms. The number of hydrogen-bond donors (Lipinski definition) is 2. The van der Waals surface area contributed by atoms with Gasteiger partial charge in [-0.2, -0.15) is 3.71 Å². The number of anilines is 2. The van der Waals surface area contributed by atoms with Gasteiger partial charge in [-0.05, 0) is 12.1 Å². The van der Waals surface area contributed by atoms with E-state index in [4.69, 9.17) is 0 Å². The van der Waals surface area contributed by atoms with Crippen molar-refractivity contribution in [2.24, 2.45) is 0 Å². The molecule has 1 aromatic heterocycles. The standard InChI is InChI=1S/C12H13N3O5S3/c1-8(16)13-12-14-11(7-21-12)9-4-3-5-10(6-9)15(22(17)18)23(2,19)20/h3-7,22H,1-2H3,(H,13,14,16). The Kier molecular flexibility index (Phi) is 5.02. The summed E-state index contributed by atoms with van der Waals surface area (Å²) in [5, 5.41) is 4.61. The van der Waals surface area contributed by atoms with E-state index in [9.17, 15) is 21.6 Å². The SMILES string of the molecule is CC(=O)Nc1nc(-c2cccc(N([SH](=O)=O)S(C)(=O)=O)c2)cs1. The lowest BCUT2D eigenvalue weighted by Crippen LogP contribution is -2.28. The molecule has 0 aliphatic carbocycles. The zero-order chi connectivity index (χ0) is 17.2. The van der Waals surface area contributed by atoms with Gasteiger partial charge in [0.2, 0.25) is 26.8 Å². The van der Waals surface area contributed by atoms with Gasteiger partial charge in [0.1, 0.15) is 0 Å². The van der Waals surface area contributed by atoms with Crippen LogP contribution in [0.15, 0.2) is 29.6 Å². The molecule has 8 nitrogen and oxygen atoms in total. The van der Waals surface area contributed by atoms with Crippen molar-refractivity contribution in [2.75, 3.05) is 15.3 Å². The van der Waals surface area contributed by atoms with Crippen molar-refractivity contribution in [1.29, 1.82) is 0 Å². The quantitative estimate of drug-likeness (QED) is 0.756. The molecule has 0 saturated carbocycles. The monoisotopic (exact) mass is 375 g/mol. The van der Waals surface area contributed by atoms with Crippen LogP contribution in [0.25, 0.3) is 11.3 Å². The van der Waals surface area contributed by atoms with Crippen LogP contribution in [0.2, 0.25) is 0 Å². The van der Waals surface area contributed by atoms with Crippen molar-refractivity contribution in [3.63, 3.8) is 0 Å². The Balaban J connectivity index is 2.44. The molecule has 0 spiro atoms. The van der Waals surface area contributed by atoms with Gasteiger partial charge >= 0.3 is 0 Å². The second-order valence-corrected chi connectivity index (χ2v) is 8.35. The number of thiazole rings is 1. The molecule has 1 amide bonds. The maximum atomic E-state index is 11.6. The highest BCUT2D eigenvalue weighted by molar-refractivity contribution is 8.03. The van der Waals surface area contributed by atoms with Crippen molar-refractivity contribution in [3.8, 4) is 11.3 Å². The number of hydrogen-bond acceptors (Lipinski definition) is 7. The van der Waals surface area contributed by atoms with E-state index >= 15 is 0 Å². The average molecular weight is 375 g/mol. The highest BCUT2D eigenvalue weighted by Gasteiger charge is 2.20. The van der Waals surface area contributed by atoms with Gasteiger partial charge in [-0.25, -0.2) is 21.8 Å². The van der Waals surface area contributed by atoms with Crippen molar-refractivity contribution in [3.05, 3.63) is 29.6 Å². The molecule has 0 fully saturated rings. The second kappa shape index (κ2) is 6.64. The summed E-state index contributed by atoms with van der Waals surface area (Å²) in [5.41, 5.74) is 1.02. The fourth-order valence-electron chi connectivity index (χ4n) is 1.81. The van der Waals surface area contributed by atoms with Gasteiger partial charge in [0.25, 0.3) is 0 Å². The lowest BCUT2D eigenvalue weighted by molar-refractivity contribution is -0.114. The van der Waals surface area contributed by atoms with Crippen molar-refractivity contribution in [2.45, 2.75) is 6.92 Å². The maximum absolute atomic E-state index is 11.6. The first kappa shape index (κ1) is 17.4. The average Bonchev–Trinajstić information content (AvgIpc) is 2.84. The number of carbonyl (C=O) groups is 1. The Morgan fingerprint density at radius 2 is 2.04 bits per heavy atom. The van der Waals surface area contributed by atoms with Gasteiger partial charge in [-0.15, -0.1) is 11.3 Å². The van der Waals surface area contributed by atoms with E-state index in [-0.39, 0.29) is 11.6 Å². The lowest BCUT2D eigenvalue weighted by Gasteiger charge is -2.15. The maximum Gasteiger partial charge on any atom is 0.245 e. The van der Waals surface area contributed by atoms with Crippen LogP contribution < -0.4 is 9.03 Å². The predicted molar refractivity (Wildman–Crippen MR) is 89.5 cm³/mol. The van der Waals surface area contributed by atoms with Gasteiger partial charge < -0.3 is 5.32 Å². The highest BCUT2D eigenvalue weighted by atomic mass is 32.3. The van der Waals surface area contributed by atoms with Gasteiger partial charge in [0.05, 0.1) is 17.6 Å². The minimum Gasteiger partial charge on any atom is -0.302 e. The number of rotatable bonds is 5. The number of carbonyl (C=O) groups excluding carboxylic acids is 1. The van der Waals surface area contributed by atoms with Gasteiger partial charge in [-0.3, -0.25) is 4.79 Å². The molecule has 2 aromatic rings. The van der Waals surface area contributed by atoms with Crippen molar-refractivity contribution < 1.29 is 21.6 Å². The number of amides is 1. The first-order valence-corrected chi connectivity index (χ1v) is 10.0. The number of benzene rings is 1. The first-order valence-electron chi connectivity index (χ1n) is 6.16. The number of nitrogens with one attached hydrogen (secondary N) is 1. The Hall–Kier alpha value is -1.98. The third kappa shape index (κ3) is 4.27. The van der Waals surface area contributed by atoms with Gasteiger partial charge in [0.15, 0.2) is 5.13 Å². The van der Waals surface area contributed by atoms with E-state index < -0.39 is 20.9 Å². The summed E-state index contributed by atoms with van der Waals surface area (Å²) in [6.45, 7) is 1.36. The van der Waals surface area contributed by atoms with Crippen LogP contribution in [-0.4, -0.2) is 34.0 Å². The fraction of sp³-hybridized carbons (Fsp3) is 0.167. The predicted octanol–water partition coefficient (Wildman–Crippen LogP) is 1.06. The Labute approximate surface area is 138 Å². The number of nitrogens with zero attached hydrogens (tertiary/aromatic N) is 2. The molecule has 124 valence electrons. The van der Waals surface area contributed by atoms with Crippen LogP contribution in [0.4, 0.5) is 10.8 Å². The minimum atomic E-state index is -3.96. The zero-order valence-electron chi connectivity index (χ0n) is 12.1. The van der Waals surface area contributed by atoms with Crippen LogP contribution in [0.5, 0.6) is 0 Å². The third-order valence-electron chi connectivity index (χ3n) is 2.61. The summed E-state index contributed by atoms with van der Waals surface area (Å²) >= 11 is 1.20. The van der Waals surface area contributed by atoms with Crippen molar-refractivity contribution in [1.82, 2.24) is 4.98 Å². The van der Waals surface area contributed by atoms with Gasteiger partial charge in [0, 0.05) is 17.9 Å². The zero-order valence-corrected chi connectivity index (χ0v) is 14.6. The minimum absolute atomic E-state index is 0.00446.